The van der Waals surface area contributed by atoms with Gasteiger partial charge in [-0.15, -0.1) is 0 Å². The molecule has 0 spiro atoms. The third kappa shape index (κ3) is 3.68. The molecule has 1 aromatic heterocycles. The predicted octanol–water partition coefficient (Wildman–Crippen LogP) is 2.14. The van der Waals surface area contributed by atoms with Gasteiger partial charge in [-0.05, 0) is 23.8 Å². The Morgan fingerprint density at radius 2 is 1.53 bits per heavy atom. The van der Waals surface area contributed by atoms with Gasteiger partial charge in [-0.3, -0.25) is 4.79 Å². The zero-order chi connectivity index (χ0) is 20.3. The summed E-state index contributed by atoms with van der Waals surface area (Å²) >= 11 is 0. The molecule has 2 aliphatic heterocycles. The summed E-state index contributed by atoms with van der Waals surface area (Å²) in [5.41, 5.74) is 4.36. The molecule has 3 heterocycles. The summed E-state index contributed by atoms with van der Waals surface area (Å²) < 4.78 is 2.21. The molecular weight excluding hydrogens is 374 g/mol. The quantitative estimate of drug-likeness (QED) is 0.701. The van der Waals surface area contributed by atoms with Crippen molar-refractivity contribution in [1.29, 1.82) is 0 Å². The summed E-state index contributed by atoms with van der Waals surface area (Å²) in [6.45, 7) is 7.90. The molecule has 3 aromatic rings. The number of amides is 1. The average Bonchev–Trinajstić information content (AvgIpc) is 3.19. The highest BCUT2D eigenvalue weighted by Gasteiger charge is 2.24. The molecule has 2 N–H and O–H groups in total. The van der Waals surface area contributed by atoms with Crippen LogP contribution in [0.5, 0.6) is 0 Å². The molecule has 2 saturated heterocycles. The molecule has 2 aliphatic rings. The van der Waals surface area contributed by atoms with E-state index >= 15 is 0 Å². The van der Waals surface area contributed by atoms with E-state index < -0.39 is 0 Å². The van der Waals surface area contributed by atoms with Crippen molar-refractivity contribution in [2.24, 2.45) is 0 Å². The predicted molar refractivity (Wildman–Crippen MR) is 121 cm³/mol. The number of hydrogen-bond donors (Lipinski definition) is 2. The molecule has 30 heavy (non-hydrogen) atoms. The highest BCUT2D eigenvalue weighted by molar-refractivity contribution is 6.03. The third-order valence-corrected chi connectivity index (χ3v) is 6.19. The molecule has 2 aromatic carbocycles. The van der Waals surface area contributed by atoms with E-state index in [0.29, 0.717) is 6.54 Å². The average molecular weight is 404 g/mol. The first-order valence-electron chi connectivity index (χ1n) is 10.9. The normalized spacial score (nSPS) is 17.5. The molecule has 5 rings (SSSR count). The molecule has 1 amide bonds. The van der Waals surface area contributed by atoms with E-state index in [-0.39, 0.29) is 5.91 Å². The van der Waals surface area contributed by atoms with Gasteiger partial charge in [0.15, 0.2) is 0 Å². The second-order valence-electron chi connectivity index (χ2n) is 8.09. The number of rotatable bonds is 4. The number of anilines is 1. The minimum absolute atomic E-state index is 0.134. The van der Waals surface area contributed by atoms with Crippen molar-refractivity contribution in [2.45, 2.75) is 6.54 Å². The van der Waals surface area contributed by atoms with Gasteiger partial charge < -0.3 is 25.0 Å². The Bertz CT molecular complexity index is 1020. The van der Waals surface area contributed by atoms with Crippen molar-refractivity contribution < 1.29 is 4.79 Å². The van der Waals surface area contributed by atoms with E-state index in [9.17, 15) is 4.79 Å². The van der Waals surface area contributed by atoms with E-state index in [1.54, 1.807) is 0 Å². The van der Waals surface area contributed by atoms with Crippen LogP contribution in [0.3, 0.4) is 0 Å². The number of benzene rings is 2. The van der Waals surface area contributed by atoms with Crippen LogP contribution in [-0.2, 0) is 6.54 Å². The molecule has 156 valence electrons. The van der Waals surface area contributed by atoms with Gasteiger partial charge in [0.2, 0.25) is 0 Å². The van der Waals surface area contributed by atoms with Gasteiger partial charge in [-0.1, -0.05) is 36.4 Å². The number of carbonyl (C=O) groups is 1. The smallest absolute Gasteiger partial charge is 0.270 e. The lowest BCUT2D eigenvalue weighted by Crippen LogP contribution is -2.46. The number of hydrogen-bond acceptors (Lipinski definition) is 4. The summed E-state index contributed by atoms with van der Waals surface area (Å²) in [5, 5.41) is 7.95. The second-order valence-corrected chi connectivity index (χ2v) is 8.09. The van der Waals surface area contributed by atoms with E-state index in [2.05, 4.69) is 68.6 Å². The SMILES string of the molecule is O=C(c1cc2c(N3CCNCC3)cccc2n1Cc1ccccc1)N1CCNCC1. The first-order chi connectivity index (χ1) is 14.8. The van der Waals surface area contributed by atoms with Gasteiger partial charge in [0, 0.05) is 70.0 Å². The molecule has 2 fully saturated rings. The van der Waals surface area contributed by atoms with Crippen LogP contribution < -0.4 is 15.5 Å². The highest BCUT2D eigenvalue weighted by atomic mass is 16.2. The van der Waals surface area contributed by atoms with E-state index in [0.717, 1.165) is 63.6 Å². The number of nitrogens with zero attached hydrogens (tertiary/aromatic N) is 3. The Kier molecular flexibility index (Phi) is 5.43. The Labute approximate surface area is 177 Å². The van der Waals surface area contributed by atoms with Gasteiger partial charge in [0.1, 0.15) is 5.69 Å². The molecule has 6 heteroatoms. The summed E-state index contributed by atoms with van der Waals surface area (Å²) in [7, 11) is 0. The minimum Gasteiger partial charge on any atom is -0.368 e. The number of piperazine rings is 2. The molecule has 0 atom stereocenters. The Morgan fingerprint density at radius 3 is 2.27 bits per heavy atom. The summed E-state index contributed by atoms with van der Waals surface area (Å²) in [5.74, 6) is 0.134. The Hall–Kier alpha value is -2.83. The maximum absolute atomic E-state index is 13.5. The minimum atomic E-state index is 0.134. The summed E-state index contributed by atoms with van der Waals surface area (Å²) in [6, 6.07) is 19.0. The second kappa shape index (κ2) is 8.50. The summed E-state index contributed by atoms with van der Waals surface area (Å²) in [4.78, 5) is 17.9. The standard InChI is InChI=1S/C24H29N5O/c30-24(28-15-11-26-12-16-28)23-17-20-21(27-13-9-25-10-14-27)7-4-8-22(20)29(23)18-19-5-2-1-3-6-19/h1-8,17,25-26H,9-16,18H2. The van der Waals surface area contributed by atoms with Crippen LogP contribution in [0.25, 0.3) is 10.9 Å². The van der Waals surface area contributed by atoms with Gasteiger partial charge in [-0.2, -0.15) is 0 Å². The molecule has 0 radical (unpaired) electrons. The van der Waals surface area contributed by atoms with E-state index in [1.165, 1.54) is 16.6 Å². The monoisotopic (exact) mass is 403 g/mol. The zero-order valence-electron chi connectivity index (χ0n) is 17.3. The number of carbonyl (C=O) groups excluding carboxylic acids is 1. The topological polar surface area (TPSA) is 52.5 Å². The Morgan fingerprint density at radius 1 is 0.833 bits per heavy atom. The van der Waals surface area contributed by atoms with E-state index in [4.69, 9.17) is 0 Å². The first kappa shape index (κ1) is 19.2. The third-order valence-electron chi connectivity index (χ3n) is 6.19. The fourth-order valence-corrected chi connectivity index (χ4v) is 4.59. The molecule has 0 saturated carbocycles. The van der Waals surface area contributed by atoms with Crippen LogP contribution in [-0.4, -0.2) is 67.7 Å². The van der Waals surface area contributed by atoms with Crippen molar-refractivity contribution in [3.63, 3.8) is 0 Å². The highest BCUT2D eigenvalue weighted by Crippen LogP contribution is 2.31. The van der Waals surface area contributed by atoms with Gasteiger partial charge in [0.25, 0.3) is 5.91 Å². The fraction of sp³-hybridized carbons (Fsp3) is 0.375. The lowest BCUT2D eigenvalue weighted by molar-refractivity contribution is 0.0726. The van der Waals surface area contributed by atoms with Crippen LogP contribution in [0.2, 0.25) is 0 Å². The van der Waals surface area contributed by atoms with Crippen LogP contribution in [0.15, 0.2) is 54.6 Å². The van der Waals surface area contributed by atoms with E-state index in [1.807, 2.05) is 11.0 Å². The van der Waals surface area contributed by atoms with Crippen molar-refractivity contribution in [2.75, 3.05) is 57.3 Å². The molecular formula is C24H29N5O. The van der Waals surface area contributed by atoms with Crippen LogP contribution in [0.1, 0.15) is 16.1 Å². The van der Waals surface area contributed by atoms with Crippen molar-refractivity contribution >= 4 is 22.5 Å². The zero-order valence-corrected chi connectivity index (χ0v) is 17.3. The largest absolute Gasteiger partial charge is 0.368 e. The lowest BCUT2D eigenvalue weighted by Gasteiger charge is -2.30. The van der Waals surface area contributed by atoms with Gasteiger partial charge in [0.05, 0.1) is 5.52 Å². The van der Waals surface area contributed by atoms with Crippen molar-refractivity contribution in [3.05, 3.63) is 65.9 Å². The van der Waals surface area contributed by atoms with Crippen LogP contribution >= 0.6 is 0 Å². The maximum Gasteiger partial charge on any atom is 0.270 e. The van der Waals surface area contributed by atoms with Crippen molar-refractivity contribution in [1.82, 2.24) is 20.1 Å². The van der Waals surface area contributed by atoms with Crippen LogP contribution in [0.4, 0.5) is 5.69 Å². The molecule has 0 aliphatic carbocycles. The molecule has 0 unspecified atom stereocenters. The molecule has 0 bridgehead atoms. The van der Waals surface area contributed by atoms with Gasteiger partial charge in [-0.25, -0.2) is 0 Å². The number of aromatic nitrogens is 1. The fourth-order valence-electron chi connectivity index (χ4n) is 4.59. The first-order valence-corrected chi connectivity index (χ1v) is 10.9. The van der Waals surface area contributed by atoms with Gasteiger partial charge >= 0.3 is 0 Å². The summed E-state index contributed by atoms with van der Waals surface area (Å²) in [6.07, 6.45) is 0. The lowest BCUT2D eigenvalue weighted by atomic mass is 10.1. The number of nitrogens with one attached hydrogen (secondary N) is 2. The Balaban J connectivity index is 1.60. The number of fused-ring (bicyclic) bond motifs is 1. The maximum atomic E-state index is 13.5. The van der Waals surface area contributed by atoms with Crippen molar-refractivity contribution in [3.8, 4) is 0 Å². The molecule has 6 nitrogen and oxygen atoms in total. The van der Waals surface area contributed by atoms with Crippen LogP contribution in [0, 0.1) is 0 Å².